The number of fused-ring (bicyclic) bond motifs is 1. The number of hydrogen-bond acceptors (Lipinski definition) is 4. The first-order valence-electron chi connectivity index (χ1n) is 6.32. The number of aromatic nitrogens is 2. The molecule has 0 radical (unpaired) electrons. The molecule has 0 saturated heterocycles. The van der Waals surface area contributed by atoms with Gasteiger partial charge in [0, 0.05) is 36.6 Å². The van der Waals surface area contributed by atoms with Gasteiger partial charge in [-0.2, -0.15) is 0 Å². The standard InChI is InChI=1S/C14H13FN4O/c15-11-3-10-1-2-14(20)19-12(10)4-13(11)18-7-9-5-16-8-17-6-9/h3-6,8,18H,1-2,7H2,(H,19,20). The maximum atomic E-state index is 14.0. The van der Waals surface area contributed by atoms with E-state index < -0.39 is 0 Å². The molecule has 1 aromatic carbocycles. The van der Waals surface area contributed by atoms with Crippen LogP contribution in [0.5, 0.6) is 0 Å². The second-order valence-electron chi connectivity index (χ2n) is 4.64. The summed E-state index contributed by atoms with van der Waals surface area (Å²) in [4.78, 5) is 19.2. The first-order chi connectivity index (χ1) is 9.72. The number of carbonyl (C=O) groups excluding carboxylic acids is 1. The van der Waals surface area contributed by atoms with Crippen LogP contribution in [0, 0.1) is 5.82 Å². The Hall–Kier alpha value is -2.50. The molecule has 0 aliphatic carbocycles. The number of aryl methyl sites for hydroxylation is 1. The van der Waals surface area contributed by atoms with Crippen LogP contribution in [0.25, 0.3) is 0 Å². The van der Waals surface area contributed by atoms with Crippen LogP contribution in [0.2, 0.25) is 0 Å². The van der Waals surface area contributed by atoms with Gasteiger partial charge in [-0.15, -0.1) is 0 Å². The van der Waals surface area contributed by atoms with Crippen LogP contribution in [0.15, 0.2) is 30.9 Å². The zero-order chi connectivity index (χ0) is 13.9. The van der Waals surface area contributed by atoms with Gasteiger partial charge in [-0.05, 0) is 24.1 Å². The number of carbonyl (C=O) groups is 1. The van der Waals surface area contributed by atoms with Crippen molar-refractivity contribution in [3.05, 3.63) is 47.8 Å². The molecule has 102 valence electrons. The topological polar surface area (TPSA) is 66.9 Å². The summed E-state index contributed by atoms with van der Waals surface area (Å²) in [5.41, 5.74) is 2.72. The molecule has 1 amide bonds. The lowest BCUT2D eigenvalue weighted by atomic mass is 10.0. The molecule has 1 aromatic heterocycles. The normalized spacial score (nSPS) is 13.6. The summed E-state index contributed by atoms with van der Waals surface area (Å²) in [6.45, 7) is 0.421. The van der Waals surface area contributed by atoms with Crippen LogP contribution in [0.4, 0.5) is 15.8 Å². The van der Waals surface area contributed by atoms with Crippen LogP contribution in [0.3, 0.4) is 0 Å². The molecule has 20 heavy (non-hydrogen) atoms. The molecule has 2 heterocycles. The third-order valence-electron chi connectivity index (χ3n) is 3.19. The van der Waals surface area contributed by atoms with E-state index in [0.717, 1.165) is 11.1 Å². The molecular weight excluding hydrogens is 259 g/mol. The highest BCUT2D eigenvalue weighted by Crippen LogP contribution is 2.28. The lowest BCUT2D eigenvalue weighted by Gasteiger charge is -2.18. The fraction of sp³-hybridized carbons (Fsp3) is 0.214. The Morgan fingerprint density at radius 1 is 1.25 bits per heavy atom. The molecule has 0 atom stereocenters. The number of anilines is 2. The third kappa shape index (κ3) is 2.59. The molecule has 5 nitrogen and oxygen atoms in total. The number of nitrogens with zero attached hydrogens (tertiary/aromatic N) is 2. The van der Waals surface area contributed by atoms with Gasteiger partial charge in [0.1, 0.15) is 12.1 Å². The Labute approximate surface area is 115 Å². The van der Waals surface area contributed by atoms with Crippen LogP contribution < -0.4 is 10.6 Å². The predicted octanol–water partition coefficient (Wildman–Crippen LogP) is 2.11. The van der Waals surface area contributed by atoms with E-state index in [9.17, 15) is 9.18 Å². The van der Waals surface area contributed by atoms with Gasteiger partial charge in [0.2, 0.25) is 5.91 Å². The zero-order valence-corrected chi connectivity index (χ0v) is 10.7. The maximum absolute atomic E-state index is 14.0. The second-order valence-corrected chi connectivity index (χ2v) is 4.64. The molecule has 0 spiro atoms. The Morgan fingerprint density at radius 2 is 2.05 bits per heavy atom. The molecule has 0 fully saturated rings. The first kappa shape index (κ1) is 12.5. The number of hydrogen-bond donors (Lipinski definition) is 2. The number of benzene rings is 1. The Balaban J connectivity index is 1.80. The van der Waals surface area contributed by atoms with Crippen LogP contribution in [-0.2, 0) is 17.8 Å². The molecule has 2 N–H and O–H groups in total. The van der Waals surface area contributed by atoms with Crippen molar-refractivity contribution in [2.45, 2.75) is 19.4 Å². The summed E-state index contributed by atoms with van der Waals surface area (Å²) in [6.07, 6.45) is 5.75. The lowest BCUT2D eigenvalue weighted by Crippen LogP contribution is -2.19. The summed E-state index contributed by atoms with van der Waals surface area (Å²) in [5, 5.41) is 5.74. The van der Waals surface area contributed by atoms with Gasteiger partial charge in [-0.3, -0.25) is 4.79 Å². The van der Waals surface area contributed by atoms with E-state index in [1.165, 1.54) is 12.4 Å². The van der Waals surface area contributed by atoms with Gasteiger partial charge in [0.05, 0.1) is 5.69 Å². The monoisotopic (exact) mass is 272 g/mol. The van der Waals surface area contributed by atoms with Gasteiger partial charge < -0.3 is 10.6 Å². The van der Waals surface area contributed by atoms with Crippen molar-refractivity contribution in [2.24, 2.45) is 0 Å². The fourth-order valence-electron chi connectivity index (χ4n) is 2.15. The molecule has 0 saturated carbocycles. The fourth-order valence-corrected chi connectivity index (χ4v) is 2.15. The van der Waals surface area contributed by atoms with Gasteiger partial charge in [0.15, 0.2) is 0 Å². The predicted molar refractivity (Wildman–Crippen MR) is 72.7 cm³/mol. The van der Waals surface area contributed by atoms with E-state index >= 15 is 0 Å². The highest BCUT2D eigenvalue weighted by atomic mass is 19.1. The lowest BCUT2D eigenvalue weighted by molar-refractivity contribution is -0.116. The minimum Gasteiger partial charge on any atom is -0.378 e. The largest absolute Gasteiger partial charge is 0.378 e. The summed E-state index contributed by atoms with van der Waals surface area (Å²) in [6, 6.07) is 3.10. The number of nitrogens with one attached hydrogen (secondary N) is 2. The summed E-state index contributed by atoms with van der Waals surface area (Å²) >= 11 is 0. The summed E-state index contributed by atoms with van der Waals surface area (Å²) < 4.78 is 14.0. The molecule has 0 unspecified atom stereocenters. The zero-order valence-electron chi connectivity index (χ0n) is 10.7. The number of amides is 1. The average Bonchev–Trinajstić information content (AvgIpc) is 2.46. The summed E-state index contributed by atoms with van der Waals surface area (Å²) in [5.74, 6) is -0.358. The van der Waals surface area contributed by atoms with Crippen molar-refractivity contribution in [2.75, 3.05) is 10.6 Å². The first-order valence-corrected chi connectivity index (χ1v) is 6.32. The highest BCUT2D eigenvalue weighted by Gasteiger charge is 2.17. The third-order valence-corrected chi connectivity index (χ3v) is 3.19. The van der Waals surface area contributed by atoms with Crippen molar-refractivity contribution < 1.29 is 9.18 Å². The van der Waals surface area contributed by atoms with E-state index in [4.69, 9.17) is 0 Å². The molecular formula is C14H13FN4O. The Morgan fingerprint density at radius 3 is 2.85 bits per heavy atom. The molecule has 1 aliphatic heterocycles. The number of halogens is 1. The highest BCUT2D eigenvalue weighted by molar-refractivity contribution is 5.94. The average molecular weight is 272 g/mol. The molecule has 0 bridgehead atoms. The van der Waals surface area contributed by atoms with Gasteiger partial charge in [-0.1, -0.05) is 0 Å². The summed E-state index contributed by atoms with van der Waals surface area (Å²) in [7, 11) is 0. The quantitative estimate of drug-likeness (QED) is 0.898. The maximum Gasteiger partial charge on any atom is 0.224 e. The molecule has 2 aromatic rings. The van der Waals surface area contributed by atoms with E-state index in [2.05, 4.69) is 20.6 Å². The van der Waals surface area contributed by atoms with Crippen molar-refractivity contribution in [1.29, 1.82) is 0 Å². The minimum atomic E-state index is -0.322. The molecule has 3 rings (SSSR count). The van der Waals surface area contributed by atoms with Crippen molar-refractivity contribution in [3.8, 4) is 0 Å². The van der Waals surface area contributed by atoms with Crippen LogP contribution >= 0.6 is 0 Å². The van der Waals surface area contributed by atoms with Crippen LogP contribution in [-0.4, -0.2) is 15.9 Å². The molecule has 1 aliphatic rings. The van der Waals surface area contributed by atoms with E-state index in [1.807, 2.05) is 0 Å². The second kappa shape index (κ2) is 5.24. The van der Waals surface area contributed by atoms with E-state index in [0.29, 0.717) is 30.8 Å². The van der Waals surface area contributed by atoms with E-state index in [-0.39, 0.29) is 11.7 Å². The van der Waals surface area contributed by atoms with Crippen LogP contribution in [0.1, 0.15) is 17.5 Å². The van der Waals surface area contributed by atoms with Gasteiger partial charge in [0.25, 0.3) is 0 Å². The smallest absolute Gasteiger partial charge is 0.224 e. The number of rotatable bonds is 3. The van der Waals surface area contributed by atoms with Gasteiger partial charge >= 0.3 is 0 Å². The van der Waals surface area contributed by atoms with E-state index in [1.54, 1.807) is 18.5 Å². The molecule has 6 heteroatoms. The van der Waals surface area contributed by atoms with Crippen molar-refractivity contribution in [1.82, 2.24) is 9.97 Å². The minimum absolute atomic E-state index is 0.0356. The Kier molecular flexibility index (Phi) is 3.28. The van der Waals surface area contributed by atoms with Crippen molar-refractivity contribution in [3.63, 3.8) is 0 Å². The van der Waals surface area contributed by atoms with Crippen molar-refractivity contribution >= 4 is 17.3 Å². The van der Waals surface area contributed by atoms with Gasteiger partial charge in [-0.25, -0.2) is 14.4 Å². The SMILES string of the molecule is O=C1CCc2cc(F)c(NCc3cncnc3)cc2N1. The Bertz CT molecular complexity index is 645.